The fourth-order valence-corrected chi connectivity index (χ4v) is 3.09. The van der Waals surface area contributed by atoms with Crippen molar-refractivity contribution in [3.05, 3.63) is 65.2 Å². The topological polar surface area (TPSA) is 80.5 Å². The molecule has 3 heterocycles. The maximum atomic E-state index is 9.09. The number of nitrogens with two attached hydrogens (primary N) is 1. The van der Waals surface area contributed by atoms with Gasteiger partial charge in [0.05, 0.1) is 10.4 Å². The minimum Gasteiger partial charge on any atom is -0.317 e. The zero-order valence-electron chi connectivity index (χ0n) is 11.4. The van der Waals surface area contributed by atoms with Crippen LogP contribution in [0.2, 0.25) is 0 Å². The van der Waals surface area contributed by atoms with Crippen molar-refractivity contribution >= 4 is 11.3 Å². The van der Waals surface area contributed by atoms with Gasteiger partial charge in [0.15, 0.2) is 5.13 Å². The molecule has 0 spiro atoms. The van der Waals surface area contributed by atoms with Crippen LogP contribution in [0.4, 0.5) is 0 Å². The monoisotopic (exact) mass is 295 g/mol. The molecule has 0 bridgehead atoms. The number of aromatic nitrogens is 3. The molecule has 0 aromatic carbocycles. The van der Waals surface area contributed by atoms with Crippen molar-refractivity contribution in [3.63, 3.8) is 0 Å². The summed E-state index contributed by atoms with van der Waals surface area (Å²) in [6, 6.07) is 9.52. The largest absolute Gasteiger partial charge is 0.317 e. The smallest absolute Gasteiger partial charge is 0.194 e. The van der Waals surface area contributed by atoms with E-state index >= 15 is 0 Å². The van der Waals surface area contributed by atoms with Gasteiger partial charge in [-0.1, -0.05) is 11.3 Å². The summed E-state index contributed by atoms with van der Waals surface area (Å²) >= 11 is 1.48. The number of nitriles is 1. The number of hydrogen-bond acceptors (Lipinski definition) is 5. The second-order valence-corrected chi connectivity index (χ2v) is 5.83. The van der Waals surface area contributed by atoms with Gasteiger partial charge in [0.25, 0.3) is 0 Å². The summed E-state index contributed by atoms with van der Waals surface area (Å²) < 4.78 is 1.76. The molecule has 1 unspecified atom stereocenters. The standard InChI is InChI=1S/C15H13N5S/c1-15(17,11-4-6-18-7-5-11)13-10-19-14(21-13)20-8-2-3-12(20)9-16/h2-8,10H,17H2,1H3. The molecule has 21 heavy (non-hydrogen) atoms. The molecule has 1 atom stereocenters. The van der Waals surface area contributed by atoms with Gasteiger partial charge in [0.2, 0.25) is 0 Å². The molecule has 6 heteroatoms. The number of nitrogens with zero attached hydrogens (tertiary/aromatic N) is 4. The molecule has 3 aromatic rings. The minimum atomic E-state index is -0.640. The van der Waals surface area contributed by atoms with Crippen molar-refractivity contribution < 1.29 is 0 Å². The highest BCUT2D eigenvalue weighted by molar-refractivity contribution is 7.14. The molecule has 0 fully saturated rings. The molecule has 0 aliphatic rings. The van der Waals surface area contributed by atoms with Crippen molar-refractivity contribution in [1.29, 1.82) is 5.26 Å². The van der Waals surface area contributed by atoms with Crippen LogP contribution >= 0.6 is 11.3 Å². The number of pyridine rings is 1. The lowest BCUT2D eigenvalue weighted by molar-refractivity contribution is 0.614. The van der Waals surface area contributed by atoms with Crippen molar-refractivity contribution in [2.24, 2.45) is 5.73 Å². The number of thiazole rings is 1. The second kappa shape index (κ2) is 5.13. The Labute approximate surface area is 126 Å². The summed E-state index contributed by atoms with van der Waals surface area (Å²) in [6.07, 6.45) is 7.04. The molecule has 0 amide bonds. The first-order valence-electron chi connectivity index (χ1n) is 6.36. The first kappa shape index (κ1) is 13.5. The van der Waals surface area contributed by atoms with E-state index in [0.29, 0.717) is 5.69 Å². The Kier molecular flexibility index (Phi) is 3.29. The van der Waals surface area contributed by atoms with E-state index in [1.165, 1.54) is 11.3 Å². The first-order chi connectivity index (χ1) is 10.1. The third-order valence-corrected chi connectivity index (χ3v) is 4.59. The molecule has 0 radical (unpaired) electrons. The molecule has 0 saturated carbocycles. The van der Waals surface area contributed by atoms with Crippen molar-refractivity contribution in [3.8, 4) is 11.2 Å². The predicted octanol–water partition coefficient (Wildman–Crippen LogP) is 2.42. The quantitative estimate of drug-likeness (QED) is 0.804. The molecule has 2 N–H and O–H groups in total. The highest BCUT2D eigenvalue weighted by atomic mass is 32.1. The SMILES string of the molecule is CC(N)(c1ccncc1)c1cnc(-n2cccc2C#N)s1. The number of rotatable bonds is 3. The van der Waals surface area contributed by atoms with Crippen LogP contribution in [0.25, 0.3) is 5.13 Å². The van der Waals surface area contributed by atoms with E-state index in [0.717, 1.165) is 15.6 Å². The Hall–Kier alpha value is -2.49. The normalized spacial score (nSPS) is 13.6. The average molecular weight is 295 g/mol. The van der Waals surface area contributed by atoms with Gasteiger partial charge in [-0.3, -0.25) is 9.55 Å². The number of hydrogen-bond donors (Lipinski definition) is 1. The molecular formula is C15H13N5S. The Morgan fingerprint density at radius 1 is 1.33 bits per heavy atom. The Bertz CT molecular complexity index is 795. The zero-order valence-corrected chi connectivity index (χ0v) is 12.2. The van der Waals surface area contributed by atoms with Crippen LogP contribution in [-0.4, -0.2) is 14.5 Å². The highest BCUT2D eigenvalue weighted by Gasteiger charge is 2.26. The van der Waals surface area contributed by atoms with Crippen LogP contribution in [0.3, 0.4) is 0 Å². The third kappa shape index (κ3) is 2.33. The van der Waals surface area contributed by atoms with E-state index < -0.39 is 5.54 Å². The Morgan fingerprint density at radius 2 is 2.10 bits per heavy atom. The van der Waals surface area contributed by atoms with Crippen LogP contribution in [0.5, 0.6) is 0 Å². The molecule has 0 aliphatic carbocycles. The summed E-state index contributed by atoms with van der Waals surface area (Å²) in [5.41, 5.74) is 7.35. The van der Waals surface area contributed by atoms with E-state index in [9.17, 15) is 0 Å². The molecule has 104 valence electrons. The lowest BCUT2D eigenvalue weighted by Crippen LogP contribution is -2.33. The van der Waals surface area contributed by atoms with E-state index in [4.69, 9.17) is 11.0 Å². The second-order valence-electron chi connectivity index (χ2n) is 4.82. The van der Waals surface area contributed by atoms with Gasteiger partial charge >= 0.3 is 0 Å². The summed E-state index contributed by atoms with van der Waals surface area (Å²) in [6.45, 7) is 1.94. The molecule has 5 nitrogen and oxygen atoms in total. The first-order valence-corrected chi connectivity index (χ1v) is 7.18. The van der Waals surface area contributed by atoms with Gasteiger partial charge in [-0.15, -0.1) is 0 Å². The molecule has 3 aromatic heterocycles. The van der Waals surface area contributed by atoms with Crippen LogP contribution in [0.1, 0.15) is 23.1 Å². The lowest BCUT2D eigenvalue weighted by Gasteiger charge is -2.22. The highest BCUT2D eigenvalue weighted by Crippen LogP contribution is 2.32. The summed E-state index contributed by atoms with van der Waals surface area (Å²) in [4.78, 5) is 9.34. The van der Waals surface area contributed by atoms with Crippen LogP contribution in [0, 0.1) is 11.3 Å². The Morgan fingerprint density at radius 3 is 2.81 bits per heavy atom. The molecule has 0 saturated heterocycles. The average Bonchev–Trinajstić information content (AvgIpc) is 3.16. The predicted molar refractivity (Wildman–Crippen MR) is 81.0 cm³/mol. The van der Waals surface area contributed by atoms with Gasteiger partial charge in [-0.2, -0.15) is 5.26 Å². The van der Waals surface area contributed by atoms with E-state index in [2.05, 4.69) is 16.0 Å². The fourth-order valence-electron chi connectivity index (χ4n) is 2.10. The van der Waals surface area contributed by atoms with Crippen molar-refractivity contribution in [2.45, 2.75) is 12.5 Å². The minimum absolute atomic E-state index is 0.554. The van der Waals surface area contributed by atoms with Gasteiger partial charge in [-0.05, 0) is 36.8 Å². The Balaban J connectivity index is 2.01. The molecule has 0 aliphatic heterocycles. The van der Waals surface area contributed by atoms with Gasteiger partial charge in [-0.25, -0.2) is 4.98 Å². The van der Waals surface area contributed by atoms with Crippen molar-refractivity contribution in [1.82, 2.24) is 14.5 Å². The van der Waals surface area contributed by atoms with Crippen molar-refractivity contribution in [2.75, 3.05) is 0 Å². The molecular weight excluding hydrogens is 282 g/mol. The van der Waals surface area contributed by atoms with E-state index in [1.807, 2.05) is 31.3 Å². The summed E-state index contributed by atoms with van der Waals surface area (Å²) in [7, 11) is 0. The summed E-state index contributed by atoms with van der Waals surface area (Å²) in [5, 5.41) is 9.82. The van der Waals surface area contributed by atoms with Crippen LogP contribution < -0.4 is 5.73 Å². The maximum Gasteiger partial charge on any atom is 0.194 e. The van der Waals surface area contributed by atoms with Crippen LogP contribution in [0.15, 0.2) is 49.1 Å². The summed E-state index contributed by atoms with van der Waals surface area (Å²) in [5.74, 6) is 0. The van der Waals surface area contributed by atoms with Gasteiger partial charge in [0, 0.05) is 24.8 Å². The maximum absolute atomic E-state index is 9.09. The van der Waals surface area contributed by atoms with E-state index in [1.54, 1.807) is 29.2 Å². The lowest BCUT2D eigenvalue weighted by atomic mass is 9.93. The van der Waals surface area contributed by atoms with Gasteiger partial charge < -0.3 is 5.73 Å². The van der Waals surface area contributed by atoms with E-state index in [-0.39, 0.29) is 0 Å². The fraction of sp³-hybridized carbons (Fsp3) is 0.133. The van der Waals surface area contributed by atoms with Crippen LogP contribution in [-0.2, 0) is 5.54 Å². The molecule has 3 rings (SSSR count). The zero-order chi connectivity index (χ0) is 14.9. The third-order valence-electron chi connectivity index (χ3n) is 3.35. The van der Waals surface area contributed by atoms with Gasteiger partial charge in [0.1, 0.15) is 11.8 Å².